The normalized spacial score (nSPS) is 10.8. The molecule has 1 heterocycles. The molecule has 1 amide bonds. The number of hydrogen-bond acceptors (Lipinski definition) is 4. The monoisotopic (exact) mass is 276 g/mol. The molecule has 0 aliphatic rings. The molecule has 0 radical (unpaired) electrons. The maximum absolute atomic E-state index is 12.2. The number of nitrogen functional groups attached to an aromatic ring is 1. The molecule has 6 heteroatoms. The van der Waals surface area contributed by atoms with Gasteiger partial charge in [-0.15, -0.1) is 0 Å². The number of anilines is 1. The van der Waals surface area contributed by atoms with Crippen LogP contribution in [0.5, 0.6) is 5.75 Å². The number of carbonyl (C=O) groups is 1. The molecule has 0 aliphatic heterocycles. The van der Waals surface area contributed by atoms with Crippen molar-refractivity contribution in [2.24, 2.45) is 0 Å². The predicted octanol–water partition coefficient (Wildman–Crippen LogP) is 1.50. The maximum Gasteiger partial charge on any atom is 0.242 e. The number of ether oxygens (including phenoxy) is 1. The van der Waals surface area contributed by atoms with Crippen LogP contribution in [0.15, 0.2) is 18.2 Å². The van der Waals surface area contributed by atoms with Crippen LogP contribution in [-0.4, -0.2) is 40.6 Å². The van der Waals surface area contributed by atoms with Crippen molar-refractivity contribution in [3.8, 4) is 5.75 Å². The quantitative estimate of drug-likeness (QED) is 0.898. The Hall–Kier alpha value is -2.24. The Bertz CT molecular complexity index is 617. The van der Waals surface area contributed by atoms with Crippen LogP contribution >= 0.6 is 0 Å². The Balaban J connectivity index is 2.38. The molecular weight excluding hydrogens is 256 g/mol. The molecular formula is C14H20N4O2. The first-order chi connectivity index (χ1) is 9.60. The van der Waals surface area contributed by atoms with Crippen molar-refractivity contribution < 1.29 is 9.53 Å². The topological polar surface area (TPSA) is 73.4 Å². The molecule has 0 bridgehead atoms. The van der Waals surface area contributed by atoms with Gasteiger partial charge in [0.25, 0.3) is 0 Å². The maximum atomic E-state index is 12.2. The summed E-state index contributed by atoms with van der Waals surface area (Å²) >= 11 is 0. The number of methoxy groups -OCH3 is 1. The molecule has 2 N–H and O–H groups in total. The van der Waals surface area contributed by atoms with E-state index in [1.165, 1.54) is 0 Å². The molecule has 0 spiro atoms. The molecule has 0 aliphatic carbocycles. The second-order valence-corrected chi connectivity index (χ2v) is 4.48. The fourth-order valence-electron chi connectivity index (χ4n) is 2.23. The van der Waals surface area contributed by atoms with Crippen molar-refractivity contribution in [1.82, 2.24) is 14.5 Å². The standard InChI is InChI=1S/C14H20N4O2/c1-4-17(5-2)13(19)9-18-12-8-10(20-3)6-7-11(12)16-14(18)15/h6-8H,4-5,9H2,1-3H3,(H2,15,16). The molecule has 0 fully saturated rings. The Morgan fingerprint density at radius 1 is 1.40 bits per heavy atom. The number of hydrogen-bond donors (Lipinski definition) is 1. The Morgan fingerprint density at radius 3 is 2.70 bits per heavy atom. The fourth-order valence-corrected chi connectivity index (χ4v) is 2.23. The molecule has 0 saturated heterocycles. The molecule has 0 saturated carbocycles. The largest absolute Gasteiger partial charge is 0.497 e. The van der Waals surface area contributed by atoms with Crippen LogP contribution in [-0.2, 0) is 11.3 Å². The van der Waals surface area contributed by atoms with Gasteiger partial charge in [-0.05, 0) is 26.0 Å². The minimum absolute atomic E-state index is 0.0313. The van der Waals surface area contributed by atoms with Gasteiger partial charge in [-0.25, -0.2) is 4.98 Å². The number of nitrogens with zero attached hydrogens (tertiary/aromatic N) is 3. The summed E-state index contributed by atoms with van der Waals surface area (Å²) in [4.78, 5) is 18.2. The van der Waals surface area contributed by atoms with E-state index in [1.54, 1.807) is 16.6 Å². The summed E-state index contributed by atoms with van der Waals surface area (Å²) in [6, 6.07) is 5.50. The summed E-state index contributed by atoms with van der Waals surface area (Å²) < 4.78 is 6.92. The molecule has 0 atom stereocenters. The van der Waals surface area contributed by atoms with E-state index in [0.29, 0.717) is 24.8 Å². The van der Waals surface area contributed by atoms with E-state index in [4.69, 9.17) is 10.5 Å². The van der Waals surface area contributed by atoms with Crippen molar-refractivity contribution in [3.63, 3.8) is 0 Å². The molecule has 0 unspecified atom stereocenters. The van der Waals surface area contributed by atoms with E-state index in [1.807, 2.05) is 32.0 Å². The zero-order chi connectivity index (χ0) is 14.7. The predicted molar refractivity (Wildman–Crippen MR) is 78.6 cm³/mol. The van der Waals surface area contributed by atoms with Gasteiger partial charge in [-0.2, -0.15) is 0 Å². The molecule has 2 rings (SSSR count). The van der Waals surface area contributed by atoms with Crippen LogP contribution in [0.3, 0.4) is 0 Å². The van der Waals surface area contributed by atoms with E-state index in [0.717, 1.165) is 11.0 Å². The third-order valence-electron chi connectivity index (χ3n) is 3.39. The second kappa shape index (κ2) is 5.81. The van der Waals surface area contributed by atoms with Crippen LogP contribution in [0, 0.1) is 0 Å². The first kappa shape index (κ1) is 14.2. The molecule has 108 valence electrons. The van der Waals surface area contributed by atoms with Gasteiger partial charge in [-0.1, -0.05) is 0 Å². The minimum atomic E-state index is 0.0313. The lowest BCUT2D eigenvalue weighted by atomic mass is 10.3. The Morgan fingerprint density at radius 2 is 2.10 bits per heavy atom. The van der Waals surface area contributed by atoms with E-state index in [2.05, 4.69) is 4.98 Å². The highest BCUT2D eigenvalue weighted by atomic mass is 16.5. The lowest BCUT2D eigenvalue weighted by molar-refractivity contribution is -0.131. The van der Waals surface area contributed by atoms with Crippen LogP contribution in [0.25, 0.3) is 11.0 Å². The SMILES string of the molecule is CCN(CC)C(=O)Cn1c(N)nc2ccc(OC)cc21. The Kier molecular flexibility index (Phi) is 4.12. The van der Waals surface area contributed by atoms with Crippen LogP contribution < -0.4 is 10.5 Å². The highest BCUT2D eigenvalue weighted by molar-refractivity contribution is 5.83. The first-order valence-corrected chi connectivity index (χ1v) is 6.68. The van der Waals surface area contributed by atoms with Gasteiger partial charge in [0.2, 0.25) is 11.9 Å². The second-order valence-electron chi connectivity index (χ2n) is 4.48. The summed E-state index contributed by atoms with van der Waals surface area (Å²) in [5.41, 5.74) is 7.48. The number of carbonyl (C=O) groups excluding carboxylic acids is 1. The van der Waals surface area contributed by atoms with Crippen molar-refractivity contribution in [3.05, 3.63) is 18.2 Å². The lowest BCUT2D eigenvalue weighted by Crippen LogP contribution is -2.33. The van der Waals surface area contributed by atoms with Crippen molar-refractivity contribution in [2.75, 3.05) is 25.9 Å². The van der Waals surface area contributed by atoms with E-state index >= 15 is 0 Å². The smallest absolute Gasteiger partial charge is 0.242 e. The fraction of sp³-hybridized carbons (Fsp3) is 0.429. The Labute approximate surface area is 118 Å². The number of likely N-dealkylation sites (N-methyl/N-ethyl adjacent to an activating group) is 1. The minimum Gasteiger partial charge on any atom is -0.497 e. The van der Waals surface area contributed by atoms with Crippen molar-refractivity contribution in [1.29, 1.82) is 0 Å². The molecule has 20 heavy (non-hydrogen) atoms. The number of rotatable bonds is 5. The highest BCUT2D eigenvalue weighted by Crippen LogP contribution is 2.23. The van der Waals surface area contributed by atoms with E-state index in [-0.39, 0.29) is 12.5 Å². The van der Waals surface area contributed by atoms with E-state index < -0.39 is 0 Å². The number of imidazole rings is 1. The van der Waals surface area contributed by atoms with Crippen LogP contribution in [0.4, 0.5) is 5.95 Å². The third-order valence-corrected chi connectivity index (χ3v) is 3.39. The van der Waals surface area contributed by atoms with Gasteiger partial charge >= 0.3 is 0 Å². The van der Waals surface area contributed by atoms with Gasteiger partial charge in [0, 0.05) is 19.2 Å². The lowest BCUT2D eigenvalue weighted by Gasteiger charge is -2.19. The number of amides is 1. The summed E-state index contributed by atoms with van der Waals surface area (Å²) in [5.74, 6) is 1.09. The zero-order valence-corrected chi connectivity index (χ0v) is 12.1. The zero-order valence-electron chi connectivity index (χ0n) is 12.1. The number of aromatic nitrogens is 2. The van der Waals surface area contributed by atoms with Crippen molar-refractivity contribution >= 4 is 22.9 Å². The van der Waals surface area contributed by atoms with Gasteiger partial charge in [0.15, 0.2) is 0 Å². The number of nitrogens with two attached hydrogens (primary N) is 1. The van der Waals surface area contributed by atoms with Crippen LogP contribution in [0.2, 0.25) is 0 Å². The molecule has 1 aromatic heterocycles. The van der Waals surface area contributed by atoms with Crippen LogP contribution in [0.1, 0.15) is 13.8 Å². The average molecular weight is 276 g/mol. The third kappa shape index (κ3) is 2.54. The van der Waals surface area contributed by atoms with Gasteiger partial charge in [0.1, 0.15) is 12.3 Å². The van der Waals surface area contributed by atoms with Gasteiger partial charge in [-0.3, -0.25) is 4.79 Å². The van der Waals surface area contributed by atoms with Crippen molar-refractivity contribution in [2.45, 2.75) is 20.4 Å². The molecule has 6 nitrogen and oxygen atoms in total. The van der Waals surface area contributed by atoms with Gasteiger partial charge < -0.3 is 19.9 Å². The average Bonchev–Trinajstić information content (AvgIpc) is 2.76. The van der Waals surface area contributed by atoms with Gasteiger partial charge in [0.05, 0.1) is 18.1 Å². The summed E-state index contributed by atoms with van der Waals surface area (Å²) in [6.07, 6.45) is 0. The van der Waals surface area contributed by atoms with E-state index in [9.17, 15) is 4.79 Å². The molecule has 2 aromatic rings. The number of fused-ring (bicyclic) bond motifs is 1. The number of benzene rings is 1. The molecule has 1 aromatic carbocycles. The first-order valence-electron chi connectivity index (χ1n) is 6.68. The summed E-state index contributed by atoms with van der Waals surface area (Å²) in [5, 5.41) is 0. The highest BCUT2D eigenvalue weighted by Gasteiger charge is 2.15. The summed E-state index contributed by atoms with van der Waals surface area (Å²) in [6.45, 7) is 5.48. The summed E-state index contributed by atoms with van der Waals surface area (Å²) in [7, 11) is 1.60.